The SMILES string of the molecule is CC(C)(OC(=O)n1ccnc1)c1ccccn1. The second-order valence-corrected chi connectivity index (χ2v) is 4.06. The Balaban J connectivity index is 2.15. The lowest BCUT2D eigenvalue weighted by atomic mass is 10.0. The van der Waals surface area contributed by atoms with Crippen molar-refractivity contribution >= 4 is 6.09 Å². The zero-order valence-corrected chi connectivity index (χ0v) is 9.70. The van der Waals surface area contributed by atoms with Crippen LogP contribution in [0, 0.1) is 0 Å². The molecule has 2 aromatic rings. The molecule has 0 unspecified atom stereocenters. The Morgan fingerprint density at radius 2 is 2.18 bits per heavy atom. The average Bonchev–Trinajstić information content (AvgIpc) is 2.83. The molecule has 0 atom stereocenters. The molecule has 0 saturated heterocycles. The van der Waals surface area contributed by atoms with Crippen LogP contribution in [0.3, 0.4) is 0 Å². The number of hydrogen-bond acceptors (Lipinski definition) is 4. The molecule has 0 aromatic carbocycles. The zero-order chi connectivity index (χ0) is 12.3. The smallest absolute Gasteiger partial charge is 0.420 e. The van der Waals surface area contributed by atoms with E-state index in [1.807, 2.05) is 18.2 Å². The standard InChI is InChI=1S/C12H13N3O2/c1-12(2,10-5-3-4-6-14-10)17-11(16)15-8-7-13-9-15/h3-9H,1-2H3. The van der Waals surface area contributed by atoms with Gasteiger partial charge >= 0.3 is 6.09 Å². The molecule has 0 fully saturated rings. The number of carbonyl (C=O) groups excluding carboxylic acids is 1. The third kappa shape index (κ3) is 2.50. The number of imidazole rings is 1. The molecular formula is C12H13N3O2. The van der Waals surface area contributed by atoms with Gasteiger partial charge in [0, 0.05) is 18.6 Å². The first-order valence-corrected chi connectivity index (χ1v) is 5.22. The Labute approximate surface area is 99.1 Å². The molecule has 0 aliphatic carbocycles. The van der Waals surface area contributed by atoms with Gasteiger partial charge in [0.15, 0.2) is 5.60 Å². The van der Waals surface area contributed by atoms with E-state index < -0.39 is 11.7 Å². The number of ether oxygens (including phenoxy) is 1. The lowest BCUT2D eigenvalue weighted by molar-refractivity contribution is 0.0341. The molecule has 17 heavy (non-hydrogen) atoms. The minimum absolute atomic E-state index is 0.474. The molecule has 0 radical (unpaired) electrons. The van der Waals surface area contributed by atoms with Gasteiger partial charge in [-0.25, -0.2) is 14.3 Å². The van der Waals surface area contributed by atoms with Crippen LogP contribution >= 0.6 is 0 Å². The summed E-state index contributed by atoms with van der Waals surface area (Å²) in [4.78, 5) is 19.7. The molecule has 0 spiro atoms. The minimum atomic E-state index is -0.775. The monoisotopic (exact) mass is 231 g/mol. The topological polar surface area (TPSA) is 57.0 Å². The molecule has 88 valence electrons. The number of carbonyl (C=O) groups is 1. The van der Waals surface area contributed by atoms with Gasteiger partial charge in [-0.2, -0.15) is 0 Å². The highest BCUT2D eigenvalue weighted by molar-refractivity contribution is 5.70. The Hall–Kier alpha value is -2.17. The van der Waals surface area contributed by atoms with E-state index >= 15 is 0 Å². The van der Waals surface area contributed by atoms with Crippen molar-refractivity contribution in [2.45, 2.75) is 19.4 Å². The highest BCUT2D eigenvalue weighted by Crippen LogP contribution is 2.22. The van der Waals surface area contributed by atoms with E-state index in [1.54, 1.807) is 20.0 Å². The molecule has 5 heteroatoms. The van der Waals surface area contributed by atoms with Crippen LogP contribution < -0.4 is 0 Å². The summed E-state index contributed by atoms with van der Waals surface area (Å²) >= 11 is 0. The summed E-state index contributed by atoms with van der Waals surface area (Å²) in [5.74, 6) is 0. The molecule has 0 aliphatic rings. The van der Waals surface area contributed by atoms with Crippen LogP contribution in [0.1, 0.15) is 19.5 Å². The van der Waals surface area contributed by atoms with E-state index in [1.165, 1.54) is 23.3 Å². The van der Waals surface area contributed by atoms with Gasteiger partial charge in [0.25, 0.3) is 0 Å². The van der Waals surface area contributed by atoms with Crippen molar-refractivity contribution in [3.05, 3.63) is 48.8 Å². The van der Waals surface area contributed by atoms with Gasteiger partial charge in [-0.1, -0.05) is 6.07 Å². The normalized spacial score (nSPS) is 11.2. The molecule has 2 aromatic heterocycles. The summed E-state index contributed by atoms with van der Waals surface area (Å²) in [6.07, 6.45) is 5.66. The molecule has 2 heterocycles. The number of aromatic nitrogens is 3. The van der Waals surface area contributed by atoms with Crippen LogP contribution in [0.4, 0.5) is 4.79 Å². The van der Waals surface area contributed by atoms with Gasteiger partial charge in [-0.15, -0.1) is 0 Å². The van der Waals surface area contributed by atoms with E-state index in [-0.39, 0.29) is 0 Å². The fourth-order valence-electron chi connectivity index (χ4n) is 1.41. The third-order valence-corrected chi connectivity index (χ3v) is 2.34. The van der Waals surface area contributed by atoms with Gasteiger partial charge in [-0.3, -0.25) is 4.98 Å². The fraction of sp³-hybridized carbons (Fsp3) is 0.250. The Morgan fingerprint density at radius 1 is 1.35 bits per heavy atom. The maximum absolute atomic E-state index is 11.8. The van der Waals surface area contributed by atoms with Crippen LogP contribution in [0.15, 0.2) is 43.1 Å². The third-order valence-electron chi connectivity index (χ3n) is 2.34. The van der Waals surface area contributed by atoms with Crippen LogP contribution in [0.2, 0.25) is 0 Å². The Bertz CT molecular complexity index is 492. The predicted molar refractivity (Wildman–Crippen MR) is 61.4 cm³/mol. The summed E-state index contributed by atoms with van der Waals surface area (Å²) < 4.78 is 6.67. The average molecular weight is 231 g/mol. The molecule has 0 bridgehead atoms. The van der Waals surface area contributed by atoms with Crippen molar-refractivity contribution in [3.8, 4) is 0 Å². The van der Waals surface area contributed by atoms with Crippen molar-refractivity contribution in [2.75, 3.05) is 0 Å². The van der Waals surface area contributed by atoms with Crippen LogP contribution in [0.25, 0.3) is 0 Å². The number of pyridine rings is 1. The van der Waals surface area contributed by atoms with Crippen molar-refractivity contribution in [3.63, 3.8) is 0 Å². The van der Waals surface area contributed by atoms with Gasteiger partial charge in [-0.05, 0) is 26.0 Å². The predicted octanol–water partition coefficient (Wildman–Crippen LogP) is 2.20. The lowest BCUT2D eigenvalue weighted by Crippen LogP contribution is -2.28. The quantitative estimate of drug-likeness (QED) is 0.795. The van der Waals surface area contributed by atoms with Crippen molar-refractivity contribution in [1.29, 1.82) is 0 Å². The summed E-state index contributed by atoms with van der Waals surface area (Å²) in [6, 6.07) is 5.49. The molecule has 0 amide bonds. The Kier molecular flexibility index (Phi) is 2.91. The van der Waals surface area contributed by atoms with Crippen LogP contribution in [-0.2, 0) is 10.3 Å². The van der Waals surface area contributed by atoms with Crippen molar-refractivity contribution in [2.24, 2.45) is 0 Å². The van der Waals surface area contributed by atoms with Gasteiger partial charge < -0.3 is 4.74 Å². The first-order valence-electron chi connectivity index (χ1n) is 5.22. The van der Waals surface area contributed by atoms with E-state index in [4.69, 9.17) is 4.74 Å². The minimum Gasteiger partial charge on any atom is -0.436 e. The highest BCUT2D eigenvalue weighted by Gasteiger charge is 2.27. The van der Waals surface area contributed by atoms with Crippen molar-refractivity contribution in [1.82, 2.24) is 14.5 Å². The molecule has 0 saturated carbocycles. The second kappa shape index (κ2) is 4.37. The number of hydrogen-bond donors (Lipinski definition) is 0. The maximum atomic E-state index is 11.8. The van der Waals surface area contributed by atoms with E-state index in [0.29, 0.717) is 5.69 Å². The highest BCUT2D eigenvalue weighted by atomic mass is 16.6. The lowest BCUT2D eigenvalue weighted by Gasteiger charge is -2.24. The number of rotatable bonds is 2. The van der Waals surface area contributed by atoms with Crippen LogP contribution in [0.5, 0.6) is 0 Å². The van der Waals surface area contributed by atoms with E-state index in [9.17, 15) is 4.79 Å². The molecule has 2 rings (SSSR count). The summed E-state index contributed by atoms with van der Waals surface area (Å²) in [5.41, 5.74) is -0.0729. The van der Waals surface area contributed by atoms with Crippen LogP contribution in [-0.4, -0.2) is 20.6 Å². The van der Waals surface area contributed by atoms with Gasteiger partial charge in [0.05, 0.1) is 5.69 Å². The first kappa shape index (κ1) is 11.3. The van der Waals surface area contributed by atoms with E-state index in [2.05, 4.69) is 9.97 Å². The molecular weight excluding hydrogens is 218 g/mol. The second-order valence-electron chi connectivity index (χ2n) is 4.06. The summed E-state index contributed by atoms with van der Waals surface area (Å²) in [5, 5.41) is 0. The number of nitrogens with zero attached hydrogens (tertiary/aromatic N) is 3. The zero-order valence-electron chi connectivity index (χ0n) is 9.70. The van der Waals surface area contributed by atoms with Gasteiger partial charge in [0.2, 0.25) is 0 Å². The maximum Gasteiger partial charge on any atom is 0.420 e. The molecule has 0 N–H and O–H groups in total. The molecule has 0 aliphatic heterocycles. The van der Waals surface area contributed by atoms with Gasteiger partial charge in [0.1, 0.15) is 6.33 Å². The summed E-state index contributed by atoms with van der Waals surface area (Å²) in [7, 11) is 0. The first-order chi connectivity index (χ1) is 8.09. The van der Waals surface area contributed by atoms with Crippen molar-refractivity contribution < 1.29 is 9.53 Å². The Morgan fingerprint density at radius 3 is 2.76 bits per heavy atom. The summed E-state index contributed by atoms with van der Waals surface area (Å²) in [6.45, 7) is 3.59. The fourth-order valence-corrected chi connectivity index (χ4v) is 1.41. The largest absolute Gasteiger partial charge is 0.436 e. The molecule has 5 nitrogen and oxygen atoms in total. The van der Waals surface area contributed by atoms with E-state index in [0.717, 1.165) is 0 Å².